The molecule has 9 rings (SSSR count). The number of carbonyl (C=O) groups excluding carboxylic acids is 4. The Labute approximate surface area is 524 Å². The average molecular weight is 1230 g/mol. The van der Waals surface area contributed by atoms with Gasteiger partial charge in [-0.3, -0.25) is 14.4 Å². The second kappa shape index (κ2) is 30.2. The van der Waals surface area contributed by atoms with E-state index in [4.69, 9.17) is 78.5 Å². The van der Waals surface area contributed by atoms with Crippen LogP contribution in [0.25, 0.3) is 0 Å². The third-order valence-electron chi connectivity index (χ3n) is 12.9. The second-order valence-corrected chi connectivity index (χ2v) is 22.7. The summed E-state index contributed by atoms with van der Waals surface area (Å²) in [6.45, 7) is -31.1. The van der Waals surface area contributed by atoms with Gasteiger partial charge in [0, 0.05) is 81.0 Å². The summed E-state index contributed by atoms with van der Waals surface area (Å²) in [5.74, 6) is -11.3. The van der Waals surface area contributed by atoms with E-state index in [1.165, 1.54) is 12.1 Å². The molecular weight excluding hydrogens is 1130 g/mol. The first-order valence-corrected chi connectivity index (χ1v) is 28.5. The van der Waals surface area contributed by atoms with Crippen LogP contribution in [0.5, 0.6) is 0 Å². The van der Waals surface area contributed by atoms with Gasteiger partial charge in [-0.2, -0.15) is 8.61 Å². The van der Waals surface area contributed by atoms with Crippen molar-refractivity contribution in [3.05, 3.63) is 120 Å². The van der Waals surface area contributed by atoms with Crippen molar-refractivity contribution in [2.45, 2.75) is 125 Å². The lowest BCUT2D eigenvalue weighted by Gasteiger charge is -2.31. The van der Waals surface area contributed by atoms with Gasteiger partial charge in [-0.25, -0.2) is 26.4 Å². The van der Waals surface area contributed by atoms with Crippen molar-refractivity contribution in [2.24, 2.45) is 29.4 Å². The molecule has 24 nitrogen and oxygen atoms in total. The fourth-order valence-electron chi connectivity index (χ4n) is 8.53. The summed E-state index contributed by atoms with van der Waals surface area (Å²) in [6, 6.07) is 22.3. The Morgan fingerprint density at radius 3 is 1.61 bits per heavy atom. The fourth-order valence-corrected chi connectivity index (χ4v) is 11.1. The molecule has 9 N–H and O–H groups in total. The molecule has 3 amide bonds. The first kappa shape index (κ1) is 39.4. The van der Waals surface area contributed by atoms with Crippen molar-refractivity contribution in [3.8, 4) is 0 Å². The van der Waals surface area contributed by atoms with Crippen LogP contribution < -0.4 is 22.5 Å². The van der Waals surface area contributed by atoms with E-state index in [9.17, 15) is 46.2 Å². The topological polar surface area (TPSA) is 341 Å². The number of alkyl carbamates (subject to hydrolysis) is 1. The van der Waals surface area contributed by atoms with Gasteiger partial charge >= 0.3 is 12.2 Å². The summed E-state index contributed by atoms with van der Waals surface area (Å²) in [7, 11) is -10.3. The summed E-state index contributed by atoms with van der Waals surface area (Å²) in [5.41, 5.74) is 18.7. The van der Waals surface area contributed by atoms with Crippen molar-refractivity contribution in [1.29, 1.82) is 0 Å². The lowest BCUT2D eigenvalue weighted by Crippen LogP contribution is -2.51. The van der Waals surface area contributed by atoms with Gasteiger partial charge in [0.2, 0.25) is 20.0 Å². The summed E-state index contributed by atoms with van der Waals surface area (Å²) >= 11 is 0. The van der Waals surface area contributed by atoms with E-state index in [2.05, 4.69) is 10.2 Å². The van der Waals surface area contributed by atoms with Gasteiger partial charge in [-0.1, -0.05) is 93.1 Å². The van der Waals surface area contributed by atoms with Gasteiger partial charge in [0.15, 0.2) is 12.6 Å². The molecule has 0 saturated carbocycles. The molecule has 84 heavy (non-hydrogen) atoms. The van der Waals surface area contributed by atoms with Crippen LogP contribution in [-0.4, -0.2) is 166 Å². The van der Waals surface area contributed by atoms with Crippen molar-refractivity contribution >= 4 is 55.5 Å². The Balaban J connectivity index is 0.000000243. The summed E-state index contributed by atoms with van der Waals surface area (Å²) in [6.07, 6.45) is -14.2. The van der Waals surface area contributed by atoms with Gasteiger partial charge in [-0.15, -0.1) is 0 Å². The van der Waals surface area contributed by atoms with Crippen LogP contribution in [-0.2, 0) is 75.7 Å². The molecule has 4 aromatic rings. The second-order valence-electron chi connectivity index (χ2n) is 19.0. The zero-order chi connectivity index (χ0) is 81.6. The molecule has 5 aliphatic rings. The zero-order valence-corrected chi connectivity index (χ0v) is 46.1. The van der Waals surface area contributed by atoms with Gasteiger partial charge in [-0.05, 0) is 97.1 Å². The zero-order valence-electron chi connectivity index (χ0n) is 68.5. The maximum atomic E-state index is 14.1. The maximum absolute atomic E-state index is 14.1. The van der Waals surface area contributed by atoms with Gasteiger partial charge in [0.25, 0.3) is 11.8 Å². The Morgan fingerprint density at radius 1 is 0.702 bits per heavy atom. The number of sulfonamides is 2. The minimum absolute atomic E-state index is 0.0469. The van der Waals surface area contributed by atoms with Crippen molar-refractivity contribution in [2.75, 3.05) is 63.9 Å². The first-order chi connectivity index (χ1) is 49.3. The van der Waals surface area contributed by atoms with Crippen LogP contribution in [0.15, 0.2) is 119 Å². The number of hydrogen-bond donors (Lipinski definition) is 6. The van der Waals surface area contributed by atoms with E-state index in [0.29, 0.717) is 11.1 Å². The number of benzene rings is 4. The number of nitrogens with zero attached hydrogens (tertiary/aromatic N) is 3. The summed E-state index contributed by atoms with van der Waals surface area (Å²) in [4.78, 5) is 51.0. The molecule has 0 bridgehead atoms. The number of anilines is 2. The van der Waals surface area contributed by atoms with Crippen LogP contribution in [0.3, 0.4) is 0 Å². The number of aliphatic hydroxyl groups is 2. The van der Waals surface area contributed by atoms with Crippen LogP contribution in [0.2, 0.25) is 0 Å². The monoisotopic (exact) mass is 1230 g/mol. The lowest BCUT2D eigenvalue weighted by atomic mass is 10.0. The predicted molar refractivity (Wildman–Crippen MR) is 306 cm³/mol. The summed E-state index contributed by atoms with van der Waals surface area (Å²) in [5, 5.41) is 24.9. The van der Waals surface area contributed by atoms with Crippen molar-refractivity contribution in [3.63, 3.8) is 0 Å². The quantitative estimate of drug-likeness (QED) is 0.0365. The highest BCUT2D eigenvalue weighted by Crippen LogP contribution is 2.34. The number of imide groups is 1. The van der Waals surface area contributed by atoms with Crippen molar-refractivity contribution < 1.29 is 112 Å². The standard InChI is InChI=1S/C27H37N3O7S.C20H29N3O3S.C11H13NO7/c1-18(2)15-30(38(33,34)21-10-8-20(28)9-11-21)16-24(31)23(14-19-6-4-3-5-7-19)29-27(32)37-25-17-36-26-22(25)12-13-35-26;1-15(2)13-23(27(25,26)18-10-8-17(21)9-11-18)14-20(24)19(22)12-16-6-4-3-5-7-16;13-8-1-2-9(14)12(8)19-11(15)18-7-5-17-10-6(7)3-4-16-10/h3-11,18,22-26,31H,12-17,28H2,1-2H3,(H,29,32);3-11,15,19-20,24H,12-14,21-22H2,1-2H3;6-7,10H,1-5H2/t22-,23-,24+,25-,26+;19-,20+;6-,7-,10+/m000/s1/i1D3,2D3,15D2,17D2,18D,25D;1D3,2D3,13D2,15D;5D2,7D. The van der Waals surface area contributed by atoms with E-state index in [0.717, 1.165) is 36.4 Å². The number of hydroxylamine groups is 2. The predicted octanol–water partition coefficient (Wildman–Crippen LogP) is 4.19. The van der Waals surface area contributed by atoms with Crippen LogP contribution >= 0.6 is 0 Å². The molecule has 5 aliphatic heterocycles. The number of hydrogen-bond acceptors (Lipinski definition) is 20. The molecule has 0 spiro atoms. The minimum atomic E-state index is -5.29. The van der Waals surface area contributed by atoms with E-state index < -0.39 is 193 Å². The van der Waals surface area contributed by atoms with Gasteiger partial charge in [0.1, 0.15) is 12.2 Å². The Bertz CT molecular complexity index is 4030. The third-order valence-corrected chi connectivity index (χ3v) is 16.2. The number of nitrogens with two attached hydrogens (primary N) is 3. The molecule has 10 atom stereocenters. The highest BCUT2D eigenvalue weighted by Gasteiger charge is 2.46. The molecule has 460 valence electrons. The number of nitrogen functional groups attached to an aromatic ring is 2. The highest BCUT2D eigenvalue weighted by atomic mass is 32.2. The van der Waals surface area contributed by atoms with Crippen LogP contribution in [0.1, 0.15) is 97.1 Å². The van der Waals surface area contributed by atoms with E-state index in [1.807, 2.05) is 0 Å². The third kappa shape index (κ3) is 18.1. The molecular formula is C58H79N7O17S2. The number of carbonyl (C=O) groups is 4. The molecule has 26 heteroatoms. The molecule has 0 radical (unpaired) electrons. The highest BCUT2D eigenvalue weighted by molar-refractivity contribution is 7.89. The Morgan fingerprint density at radius 2 is 1.14 bits per heavy atom. The van der Waals surface area contributed by atoms with Gasteiger partial charge < -0.3 is 61.2 Å². The number of nitrogens with one attached hydrogen (secondary N) is 1. The maximum Gasteiger partial charge on any atom is 0.534 e. The Kier molecular flexibility index (Phi) is 14.2. The summed E-state index contributed by atoms with van der Waals surface area (Å²) < 4.78 is 278. The van der Waals surface area contributed by atoms with Gasteiger partial charge in [0.05, 0.1) is 74.4 Å². The van der Waals surface area contributed by atoms with E-state index >= 15 is 0 Å². The molecule has 0 aliphatic carbocycles. The first-order valence-electron chi connectivity index (χ1n) is 37.6. The number of amides is 3. The molecule has 0 aromatic heterocycles. The molecule has 5 heterocycles. The lowest BCUT2D eigenvalue weighted by molar-refractivity contribution is -0.179. The molecule has 4 aromatic carbocycles. The van der Waals surface area contributed by atoms with Crippen molar-refractivity contribution in [1.82, 2.24) is 19.0 Å². The van der Waals surface area contributed by atoms with E-state index in [1.54, 1.807) is 60.7 Å². The Hall–Kier alpha value is -6.30. The minimum Gasteiger partial charge on any atom is -0.443 e. The smallest absolute Gasteiger partial charge is 0.443 e. The largest absolute Gasteiger partial charge is 0.534 e. The average Bonchev–Trinajstić information content (AvgIpc) is 1.20. The number of fused-ring (bicyclic) bond motifs is 2. The molecule has 0 unspecified atom stereocenters. The van der Waals surface area contributed by atoms with Crippen LogP contribution in [0, 0.1) is 23.6 Å². The van der Waals surface area contributed by atoms with Crippen LogP contribution in [0.4, 0.5) is 21.0 Å². The SMILES string of the molecule is [2H]C([2H])([2H])C([2H])(C([2H])([2H])[2H])C([2H])([2H])N(C[C@@H](O)[C@@H](N)Cc1ccccc1)S(=O)(=O)c1ccc(N)cc1.[2H]C([2H])([2H])C([2H])(C([2H])([2H])[2H])C([2H])([2H])N(C[C@@H](O)[C@H](Cc1ccccc1)NC(=O)O[C@]1([2H])[C@@H]2CCO[C@@H]2OC1([2H])[2H])S(=O)(=O)c1ccc(N)cc1.[2H]C1([2H])O[C@H]2OCC[C@H]2[C@@]1([2H])OC(=O)ON1C(=O)CCC1=O. The van der Waals surface area contributed by atoms with E-state index in [-0.39, 0.29) is 76.8 Å². The molecule has 5 saturated heterocycles. The number of rotatable bonds is 22. The fraction of sp³-hybridized carbons (Fsp3) is 0.517. The number of aliphatic hydroxyl groups excluding tert-OH is 2. The normalized spacial score (nSPS) is 30.9. The number of ether oxygens (including phenoxy) is 6. The molecule has 5 fully saturated rings.